The van der Waals surface area contributed by atoms with E-state index >= 15 is 0 Å². The van der Waals surface area contributed by atoms with Gasteiger partial charge in [-0.05, 0) is 38.2 Å². The molecule has 1 aliphatic rings. The molecule has 2 amide bonds. The largest absolute Gasteiger partial charge is 0.450 e. The molecule has 0 atom stereocenters. The molecule has 1 aromatic rings. The van der Waals surface area contributed by atoms with Gasteiger partial charge in [0, 0.05) is 19.1 Å². The lowest BCUT2D eigenvalue weighted by Gasteiger charge is -2.31. The standard InChI is InChI=1S/C12H18N4O3S/c1-3-19-12(18)16-6-4-9(5-7-16)14-10(17)11-13-8(2)15-20-11/h9H,3-7H2,1-2H3,(H,14,17). The number of hydrogen-bond donors (Lipinski definition) is 1. The van der Waals surface area contributed by atoms with Crippen LogP contribution in [0.2, 0.25) is 0 Å². The fourth-order valence-electron chi connectivity index (χ4n) is 2.06. The lowest BCUT2D eigenvalue weighted by atomic mass is 10.1. The van der Waals surface area contributed by atoms with Gasteiger partial charge in [-0.3, -0.25) is 4.79 Å². The summed E-state index contributed by atoms with van der Waals surface area (Å²) in [6.45, 7) is 5.11. The van der Waals surface area contributed by atoms with Crippen LogP contribution >= 0.6 is 11.5 Å². The molecule has 1 aliphatic heterocycles. The molecule has 1 aromatic heterocycles. The predicted molar refractivity (Wildman–Crippen MR) is 73.7 cm³/mol. The molecular weight excluding hydrogens is 280 g/mol. The van der Waals surface area contributed by atoms with Crippen LogP contribution in [0.4, 0.5) is 4.79 Å². The molecule has 110 valence electrons. The van der Waals surface area contributed by atoms with Gasteiger partial charge < -0.3 is 15.0 Å². The van der Waals surface area contributed by atoms with E-state index in [0.29, 0.717) is 30.5 Å². The van der Waals surface area contributed by atoms with E-state index in [2.05, 4.69) is 14.7 Å². The van der Waals surface area contributed by atoms with E-state index in [9.17, 15) is 9.59 Å². The summed E-state index contributed by atoms with van der Waals surface area (Å²) in [6.07, 6.45) is 1.17. The molecular formula is C12H18N4O3S. The zero-order valence-electron chi connectivity index (χ0n) is 11.6. The minimum Gasteiger partial charge on any atom is -0.450 e. The minimum atomic E-state index is -0.281. The highest BCUT2D eigenvalue weighted by Crippen LogP contribution is 2.13. The molecule has 20 heavy (non-hydrogen) atoms. The van der Waals surface area contributed by atoms with Crippen molar-refractivity contribution in [3.05, 3.63) is 10.8 Å². The Hall–Kier alpha value is -1.70. The van der Waals surface area contributed by atoms with Crippen molar-refractivity contribution >= 4 is 23.5 Å². The second kappa shape index (κ2) is 6.65. The van der Waals surface area contributed by atoms with E-state index in [0.717, 1.165) is 24.4 Å². The third-order valence-corrected chi connectivity index (χ3v) is 3.88. The van der Waals surface area contributed by atoms with Gasteiger partial charge in [0.2, 0.25) is 5.01 Å². The first-order valence-electron chi connectivity index (χ1n) is 6.63. The molecule has 1 saturated heterocycles. The summed E-state index contributed by atoms with van der Waals surface area (Å²) in [4.78, 5) is 29.2. The zero-order valence-corrected chi connectivity index (χ0v) is 12.4. The maximum atomic E-state index is 11.9. The number of piperidine rings is 1. The number of nitrogens with zero attached hydrogens (tertiary/aromatic N) is 3. The monoisotopic (exact) mass is 298 g/mol. The van der Waals surface area contributed by atoms with Crippen molar-refractivity contribution in [3.8, 4) is 0 Å². The highest BCUT2D eigenvalue weighted by atomic mass is 32.1. The van der Waals surface area contributed by atoms with Crippen LogP contribution in [0, 0.1) is 6.92 Å². The van der Waals surface area contributed by atoms with Crippen LogP contribution in [-0.2, 0) is 4.74 Å². The van der Waals surface area contributed by atoms with Gasteiger partial charge in [0.05, 0.1) is 6.61 Å². The fraction of sp³-hybridized carbons (Fsp3) is 0.667. The second-order valence-electron chi connectivity index (χ2n) is 4.58. The molecule has 2 rings (SSSR count). The summed E-state index contributed by atoms with van der Waals surface area (Å²) in [7, 11) is 0. The minimum absolute atomic E-state index is 0.0670. The van der Waals surface area contributed by atoms with Crippen molar-refractivity contribution in [1.29, 1.82) is 0 Å². The Morgan fingerprint density at radius 3 is 2.70 bits per heavy atom. The molecule has 0 bridgehead atoms. The number of carbonyl (C=O) groups excluding carboxylic acids is 2. The summed E-state index contributed by atoms with van der Waals surface area (Å²) >= 11 is 1.10. The molecule has 2 heterocycles. The maximum absolute atomic E-state index is 11.9. The predicted octanol–water partition coefficient (Wildman–Crippen LogP) is 1.20. The molecule has 0 aliphatic carbocycles. The van der Waals surface area contributed by atoms with Gasteiger partial charge in [0.15, 0.2) is 0 Å². The number of aryl methyl sites for hydroxylation is 1. The molecule has 0 saturated carbocycles. The van der Waals surface area contributed by atoms with Crippen LogP contribution < -0.4 is 5.32 Å². The molecule has 0 unspecified atom stereocenters. The average molecular weight is 298 g/mol. The topological polar surface area (TPSA) is 84.4 Å². The Kier molecular flexibility index (Phi) is 4.89. The van der Waals surface area contributed by atoms with Gasteiger partial charge in [0.25, 0.3) is 5.91 Å². The summed E-state index contributed by atoms with van der Waals surface area (Å²) < 4.78 is 8.94. The highest BCUT2D eigenvalue weighted by molar-refractivity contribution is 7.07. The van der Waals surface area contributed by atoms with E-state index in [1.165, 1.54) is 0 Å². The van der Waals surface area contributed by atoms with Gasteiger partial charge in [-0.25, -0.2) is 9.78 Å². The van der Waals surface area contributed by atoms with Crippen LogP contribution in [-0.4, -0.2) is 52.0 Å². The fourth-order valence-corrected chi connectivity index (χ4v) is 2.63. The van der Waals surface area contributed by atoms with Crippen molar-refractivity contribution in [2.75, 3.05) is 19.7 Å². The van der Waals surface area contributed by atoms with Crippen LogP contribution in [0.25, 0.3) is 0 Å². The number of carbonyl (C=O) groups is 2. The third-order valence-electron chi connectivity index (χ3n) is 3.08. The maximum Gasteiger partial charge on any atom is 0.409 e. The van der Waals surface area contributed by atoms with Gasteiger partial charge in [0.1, 0.15) is 5.82 Å². The molecule has 0 aromatic carbocycles. The van der Waals surface area contributed by atoms with E-state index < -0.39 is 0 Å². The molecule has 1 N–H and O–H groups in total. The number of ether oxygens (including phenoxy) is 1. The third kappa shape index (κ3) is 3.66. The highest BCUT2D eigenvalue weighted by Gasteiger charge is 2.25. The first kappa shape index (κ1) is 14.7. The first-order valence-corrected chi connectivity index (χ1v) is 7.40. The van der Waals surface area contributed by atoms with Crippen molar-refractivity contribution < 1.29 is 14.3 Å². The summed E-state index contributed by atoms with van der Waals surface area (Å²) in [6, 6.07) is 0.0670. The van der Waals surface area contributed by atoms with Crippen molar-refractivity contribution in [1.82, 2.24) is 19.6 Å². The number of amides is 2. The Balaban J connectivity index is 1.80. The van der Waals surface area contributed by atoms with E-state index in [1.54, 1.807) is 18.7 Å². The molecule has 1 fully saturated rings. The van der Waals surface area contributed by atoms with Crippen LogP contribution in [0.5, 0.6) is 0 Å². The second-order valence-corrected chi connectivity index (χ2v) is 5.33. The Morgan fingerprint density at radius 2 is 2.15 bits per heavy atom. The molecule has 0 radical (unpaired) electrons. The zero-order chi connectivity index (χ0) is 14.5. The van der Waals surface area contributed by atoms with Crippen LogP contribution in [0.1, 0.15) is 35.4 Å². The average Bonchev–Trinajstić information content (AvgIpc) is 2.86. The van der Waals surface area contributed by atoms with Crippen LogP contribution in [0.15, 0.2) is 0 Å². The van der Waals surface area contributed by atoms with Crippen LogP contribution in [0.3, 0.4) is 0 Å². The number of rotatable bonds is 3. The molecule has 8 heteroatoms. The number of aromatic nitrogens is 2. The van der Waals surface area contributed by atoms with Crippen molar-refractivity contribution in [3.63, 3.8) is 0 Å². The summed E-state index contributed by atoms with van der Waals surface area (Å²) in [5.74, 6) is 0.419. The molecule has 0 spiro atoms. The SMILES string of the molecule is CCOC(=O)N1CCC(NC(=O)c2nc(C)ns2)CC1. The van der Waals surface area contributed by atoms with Gasteiger partial charge in [-0.15, -0.1) is 0 Å². The summed E-state index contributed by atoms with van der Waals surface area (Å²) in [5.41, 5.74) is 0. The Morgan fingerprint density at radius 1 is 1.45 bits per heavy atom. The smallest absolute Gasteiger partial charge is 0.409 e. The number of hydrogen-bond acceptors (Lipinski definition) is 6. The van der Waals surface area contributed by atoms with Crippen molar-refractivity contribution in [2.45, 2.75) is 32.7 Å². The van der Waals surface area contributed by atoms with Crippen molar-refractivity contribution in [2.24, 2.45) is 0 Å². The number of likely N-dealkylation sites (tertiary alicyclic amines) is 1. The quantitative estimate of drug-likeness (QED) is 0.906. The Labute approximate surface area is 121 Å². The normalized spacial score (nSPS) is 16.0. The summed E-state index contributed by atoms with van der Waals surface area (Å²) in [5, 5.41) is 3.31. The van der Waals surface area contributed by atoms with E-state index in [1.807, 2.05) is 0 Å². The van der Waals surface area contributed by atoms with Gasteiger partial charge in [-0.1, -0.05) is 0 Å². The Bertz CT molecular complexity index is 483. The molecule has 7 nitrogen and oxygen atoms in total. The van der Waals surface area contributed by atoms with Gasteiger partial charge >= 0.3 is 6.09 Å². The lowest BCUT2D eigenvalue weighted by Crippen LogP contribution is -2.46. The van der Waals surface area contributed by atoms with Gasteiger partial charge in [-0.2, -0.15) is 4.37 Å². The van der Waals surface area contributed by atoms with E-state index in [-0.39, 0.29) is 18.0 Å². The first-order chi connectivity index (χ1) is 9.60. The number of nitrogens with one attached hydrogen (secondary N) is 1. The lowest BCUT2D eigenvalue weighted by molar-refractivity contribution is 0.0859. The van der Waals surface area contributed by atoms with E-state index in [4.69, 9.17) is 4.74 Å².